The van der Waals surface area contributed by atoms with Crippen molar-refractivity contribution in [1.82, 2.24) is 4.57 Å². The molecule has 0 radical (unpaired) electrons. The van der Waals surface area contributed by atoms with Crippen LogP contribution in [0.2, 0.25) is 0 Å². The van der Waals surface area contributed by atoms with Crippen LogP contribution in [0, 0.1) is 0 Å². The molecule has 2 heterocycles. The number of benzene rings is 10. The molecule has 286 valence electrons. The minimum Gasteiger partial charge on any atom is -0.456 e. The zero-order valence-corrected chi connectivity index (χ0v) is 33.2. The minimum absolute atomic E-state index is 0.863. The highest BCUT2D eigenvalue weighted by molar-refractivity contribution is 6.09. The Morgan fingerprint density at radius 2 is 0.820 bits per heavy atom. The molecule has 12 rings (SSSR count). The van der Waals surface area contributed by atoms with E-state index in [1.807, 2.05) is 12.1 Å². The van der Waals surface area contributed by atoms with Crippen molar-refractivity contribution in [1.29, 1.82) is 0 Å². The third-order valence-corrected chi connectivity index (χ3v) is 12.2. The Bertz CT molecular complexity index is 3540. The Morgan fingerprint density at radius 3 is 1.57 bits per heavy atom. The van der Waals surface area contributed by atoms with Gasteiger partial charge in [0.25, 0.3) is 0 Å². The van der Waals surface area contributed by atoms with Crippen LogP contribution in [0.5, 0.6) is 0 Å². The lowest BCUT2D eigenvalue weighted by molar-refractivity contribution is 0.669. The molecule has 10 aromatic carbocycles. The number of furan rings is 1. The van der Waals surface area contributed by atoms with E-state index in [9.17, 15) is 0 Å². The van der Waals surface area contributed by atoms with Crippen LogP contribution in [0.3, 0.4) is 0 Å². The molecule has 0 aliphatic carbocycles. The van der Waals surface area contributed by atoms with Gasteiger partial charge in [0.15, 0.2) is 0 Å². The third-order valence-electron chi connectivity index (χ3n) is 12.2. The molecule has 0 aliphatic rings. The van der Waals surface area contributed by atoms with Gasteiger partial charge >= 0.3 is 0 Å². The molecule has 2 aromatic heterocycles. The van der Waals surface area contributed by atoms with Gasteiger partial charge in [-0.3, -0.25) is 0 Å². The molecular weight excluding hydrogens is 741 g/mol. The predicted octanol–water partition coefficient (Wildman–Crippen LogP) is 16.3. The maximum Gasteiger partial charge on any atom is 0.137 e. The molecule has 3 heteroatoms. The molecular formula is C58H38N2O. The summed E-state index contributed by atoms with van der Waals surface area (Å²) in [4.78, 5) is 2.33. The maximum absolute atomic E-state index is 6.43. The summed E-state index contributed by atoms with van der Waals surface area (Å²) in [5.74, 6) is 0. The predicted molar refractivity (Wildman–Crippen MR) is 257 cm³/mol. The number of fused-ring (bicyclic) bond motifs is 7. The highest BCUT2D eigenvalue weighted by Crippen LogP contribution is 2.41. The van der Waals surface area contributed by atoms with Crippen LogP contribution in [0.25, 0.3) is 93.6 Å². The molecule has 0 unspecified atom stereocenters. The van der Waals surface area contributed by atoms with E-state index in [1.165, 1.54) is 60.4 Å². The Morgan fingerprint density at radius 1 is 0.295 bits per heavy atom. The Balaban J connectivity index is 0.911. The molecule has 0 saturated heterocycles. The summed E-state index contributed by atoms with van der Waals surface area (Å²) in [6.07, 6.45) is 0. The highest BCUT2D eigenvalue weighted by atomic mass is 16.3. The van der Waals surface area contributed by atoms with Crippen LogP contribution in [-0.2, 0) is 0 Å². The van der Waals surface area contributed by atoms with Crippen molar-refractivity contribution in [2.75, 3.05) is 4.90 Å². The van der Waals surface area contributed by atoms with Crippen LogP contribution in [0.4, 0.5) is 17.1 Å². The third kappa shape index (κ3) is 6.06. The molecule has 0 spiro atoms. The second kappa shape index (κ2) is 14.3. The summed E-state index contributed by atoms with van der Waals surface area (Å²) in [5.41, 5.74) is 15.5. The number of rotatable bonds is 7. The van der Waals surface area contributed by atoms with Gasteiger partial charge in [0.1, 0.15) is 11.2 Å². The zero-order chi connectivity index (χ0) is 40.3. The number of hydrogen-bond donors (Lipinski definition) is 0. The van der Waals surface area contributed by atoms with Crippen LogP contribution < -0.4 is 4.90 Å². The molecule has 0 fully saturated rings. The van der Waals surface area contributed by atoms with E-state index in [0.717, 1.165) is 50.3 Å². The van der Waals surface area contributed by atoms with E-state index in [1.54, 1.807) is 0 Å². The summed E-state index contributed by atoms with van der Waals surface area (Å²) in [6, 6.07) is 82.9. The molecule has 0 bridgehead atoms. The quantitative estimate of drug-likeness (QED) is 0.161. The van der Waals surface area contributed by atoms with Gasteiger partial charge in [-0.1, -0.05) is 152 Å². The van der Waals surface area contributed by atoms with Crippen molar-refractivity contribution in [2.24, 2.45) is 0 Å². The van der Waals surface area contributed by atoms with Crippen LogP contribution in [0.15, 0.2) is 235 Å². The van der Waals surface area contributed by atoms with E-state index < -0.39 is 0 Å². The first kappa shape index (κ1) is 34.9. The largest absolute Gasteiger partial charge is 0.456 e. The number of nitrogens with zero attached hydrogens (tertiary/aromatic N) is 2. The topological polar surface area (TPSA) is 21.3 Å². The van der Waals surface area contributed by atoms with E-state index in [4.69, 9.17) is 4.42 Å². The van der Waals surface area contributed by atoms with Gasteiger partial charge in [0, 0.05) is 50.4 Å². The van der Waals surface area contributed by atoms with Gasteiger partial charge in [0.2, 0.25) is 0 Å². The summed E-state index contributed by atoms with van der Waals surface area (Å²) < 4.78 is 8.80. The molecule has 0 saturated carbocycles. The first-order chi connectivity index (χ1) is 30.2. The van der Waals surface area contributed by atoms with Crippen molar-refractivity contribution < 1.29 is 4.42 Å². The Labute approximate surface area is 353 Å². The average molecular weight is 779 g/mol. The average Bonchev–Trinajstić information content (AvgIpc) is 3.87. The van der Waals surface area contributed by atoms with Crippen molar-refractivity contribution in [3.8, 4) is 39.1 Å². The zero-order valence-electron chi connectivity index (χ0n) is 33.2. The first-order valence-corrected chi connectivity index (χ1v) is 20.8. The number of para-hydroxylation sites is 3. The smallest absolute Gasteiger partial charge is 0.137 e. The molecule has 3 nitrogen and oxygen atoms in total. The van der Waals surface area contributed by atoms with Gasteiger partial charge in [-0.15, -0.1) is 0 Å². The van der Waals surface area contributed by atoms with Crippen LogP contribution >= 0.6 is 0 Å². The van der Waals surface area contributed by atoms with Crippen molar-refractivity contribution in [3.63, 3.8) is 0 Å². The summed E-state index contributed by atoms with van der Waals surface area (Å²) >= 11 is 0. The normalized spacial score (nSPS) is 11.6. The fraction of sp³-hybridized carbons (Fsp3) is 0. The van der Waals surface area contributed by atoms with Gasteiger partial charge in [-0.2, -0.15) is 0 Å². The van der Waals surface area contributed by atoms with Crippen molar-refractivity contribution >= 4 is 71.6 Å². The number of anilines is 3. The molecule has 0 atom stereocenters. The second-order valence-corrected chi connectivity index (χ2v) is 15.8. The minimum atomic E-state index is 0.863. The van der Waals surface area contributed by atoms with E-state index in [-0.39, 0.29) is 0 Å². The standard InChI is InChI=1S/C58H38N2O/c1-2-12-43-36-46(28-27-39(43)11-1)45-14-9-13-44(35-45)42-25-23-40(24-26-42)41-29-31-47(32-30-41)59(50-33-34-54-53-19-5-8-22-57(53)61-58(54)38-50)48-15-10-16-49(37-48)60-55-20-6-3-17-51(55)52-18-4-7-21-56(52)60/h1-38H. The van der Waals surface area contributed by atoms with Crippen LogP contribution in [0.1, 0.15) is 0 Å². The van der Waals surface area contributed by atoms with Crippen molar-refractivity contribution in [2.45, 2.75) is 0 Å². The van der Waals surface area contributed by atoms with Gasteiger partial charge in [-0.05, 0) is 117 Å². The molecule has 12 aromatic rings. The highest BCUT2D eigenvalue weighted by Gasteiger charge is 2.18. The van der Waals surface area contributed by atoms with Crippen LogP contribution in [-0.4, -0.2) is 4.57 Å². The summed E-state index contributed by atoms with van der Waals surface area (Å²) in [7, 11) is 0. The fourth-order valence-electron chi connectivity index (χ4n) is 9.18. The SMILES string of the molecule is c1cc(-c2ccc(-c3ccc(N(c4cccc(-n5c6ccccc6c6ccccc65)c4)c4ccc5c(c4)oc4ccccc45)cc3)cc2)cc(-c2ccc3ccccc3c2)c1. The lowest BCUT2D eigenvalue weighted by Crippen LogP contribution is -2.10. The van der Waals surface area contributed by atoms with Gasteiger partial charge < -0.3 is 13.9 Å². The maximum atomic E-state index is 6.43. The van der Waals surface area contributed by atoms with E-state index in [0.29, 0.717) is 0 Å². The second-order valence-electron chi connectivity index (χ2n) is 15.8. The van der Waals surface area contributed by atoms with Gasteiger partial charge in [0.05, 0.1) is 11.0 Å². The molecule has 0 amide bonds. The van der Waals surface area contributed by atoms with Gasteiger partial charge in [-0.25, -0.2) is 0 Å². The lowest BCUT2D eigenvalue weighted by Gasteiger charge is -2.26. The molecule has 61 heavy (non-hydrogen) atoms. The fourth-order valence-corrected chi connectivity index (χ4v) is 9.18. The summed E-state index contributed by atoms with van der Waals surface area (Å²) in [6.45, 7) is 0. The lowest BCUT2D eigenvalue weighted by atomic mass is 9.96. The molecule has 0 N–H and O–H groups in total. The van der Waals surface area contributed by atoms with Crippen molar-refractivity contribution in [3.05, 3.63) is 231 Å². The molecule has 0 aliphatic heterocycles. The van der Waals surface area contributed by atoms with E-state index >= 15 is 0 Å². The first-order valence-electron chi connectivity index (χ1n) is 20.8. The monoisotopic (exact) mass is 778 g/mol. The van der Waals surface area contributed by atoms with E-state index in [2.05, 4.69) is 228 Å². The Hall–Kier alpha value is -8.14. The number of aromatic nitrogens is 1. The Kier molecular flexibility index (Phi) is 8.17. The summed E-state index contributed by atoms with van der Waals surface area (Å²) in [5, 5.41) is 7.23. The number of hydrogen-bond acceptors (Lipinski definition) is 2.